The van der Waals surface area contributed by atoms with Gasteiger partial charge in [0.1, 0.15) is 5.82 Å². The van der Waals surface area contributed by atoms with Gasteiger partial charge in [0, 0.05) is 36.8 Å². The number of aliphatic imine (C=N–C) groups is 1. The number of benzene rings is 1. The van der Waals surface area contributed by atoms with Crippen LogP contribution in [0.2, 0.25) is 0 Å². The summed E-state index contributed by atoms with van der Waals surface area (Å²) >= 11 is 1.71. The first-order chi connectivity index (χ1) is 13.3. The van der Waals surface area contributed by atoms with Gasteiger partial charge in [-0.1, -0.05) is 13.0 Å². The number of nitrogens with one attached hydrogen (secondary N) is 2. The minimum absolute atomic E-state index is 0. The Morgan fingerprint density at radius 1 is 1.24 bits per heavy atom. The molecule has 2 N–H and O–H groups in total. The molecular formula is C19H28FIN4O2S2. The van der Waals surface area contributed by atoms with Crippen molar-refractivity contribution in [2.24, 2.45) is 4.99 Å². The van der Waals surface area contributed by atoms with Crippen molar-refractivity contribution in [2.75, 3.05) is 19.3 Å². The van der Waals surface area contributed by atoms with E-state index in [0.717, 1.165) is 24.1 Å². The van der Waals surface area contributed by atoms with Gasteiger partial charge < -0.3 is 10.6 Å². The predicted octanol–water partition coefficient (Wildman–Crippen LogP) is 3.31. The fourth-order valence-electron chi connectivity index (χ4n) is 2.59. The van der Waals surface area contributed by atoms with Crippen molar-refractivity contribution in [3.63, 3.8) is 0 Å². The minimum Gasteiger partial charge on any atom is -0.357 e. The van der Waals surface area contributed by atoms with Crippen LogP contribution in [-0.4, -0.2) is 38.7 Å². The van der Waals surface area contributed by atoms with E-state index in [2.05, 4.69) is 27.5 Å². The zero-order valence-electron chi connectivity index (χ0n) is 16.9. The highest BCUT2D eigenvalue weighted by Crippen LogP contribution is 2.16. The van der Waals surface area contributed by atoms with Crippen molar-refractivity contribution in [3.8, 4) is 0 Å². The van der Waals surface area contributed by atoms with Crippen molar-refractivity contribution in [3.05, 3.63) is 51.2 Å². The van der Waals surface area contributed by atoms with Crippen LogP contribution in [0.3, 0.4) is 0 Å². The van der Waals surface area contributed by atoms with Gasteiger partial charge in [-0.05, 0) is 36.6 Å². The van der Waals surface area contributed by atoms with Crippen LogP contribution in [0.15, 0.2) is 29.4 Å². The van der Waals surface area contributed by atoms with Crippen LogP contribution < -0.4 is 10.6 Å². The summed E-state index contributed by atoms with van der Waals surface area (Å²) < 4.78 is 36.9. The Balaban J connectivity index is 0.00000420. The number of hydrogen-bond donors (Lipinski definition) is 2. The maximum absolute atomic E-state index is 13.6. The SMILES string of the molecule is CCNC(=NCc1cc(F)ccc1CS(C)(=O)=O)NCCc1ncc(CC)s1.I. The van der Waals surface area contributed by atoms with Gasteiger partial charge in [0.15, 0.2) is 15.8 Å². The summed E-state index contributed by atoms with van der Waals surface area (Å²) in [4.78, 5) is 10.1. The first kappa shape index (κ1) is 25.8. The second-order valence-electron chi connectivity index (χ2n) is 6.43. The van der Waals surface area contributed by atoms with Crippen LogP contribution in [0.4, 0.5) is 4.39 Å². The molecule has 1 aromatic carbocycles. The van der Waals surface area contributed by atoms with Crippen LogP contribution in [-0.2, 0) is 35.0 Å². The average molecular weight is 554 g/mol. The Hall–Kier alpha value is -1.27. The zero-order chi connectivity index (χ0) is 20.6. The summed E-state index contributed by atoms with van der Waals surface area (Å²) in [5, 5.41) is 7.46. The lowest BCUT2D eigenvalue weighted by Gasteiger charge is -2.12. The third-order valence-electron chi connectivity index (χ3n) is 3.92. The maximum atomic E-state index is 13.6. The second-order valence-corrected chi connectivity index (χ2v) is 9.77. The molecule has 0 unspecified atom stereocenters. The summed E-state index contributed by atoms with van der Waals surface area (Å²) in [6, 6.07) is 4.13. The topological polar surface area (TPSA) is 83.5 Å². The van der Waals surface area contributed by atoms with E-state index in [-0.39, 0.29) is 36.3 Å². The summed E-state index contributed by atoms with van der Waals surface area (Å²) in [5.74, 6) is 0.0616. The molecule has 6 nitrogen and oxygen atoms in total. The number of rotatable bonds is 9. The van der Waals surface area contributed by atoms with E-state index in [4.69, 9.17) is 0 Å². The molecule has 0 bridgehead atoms. The van der Waals surface area contributed by atoms with Gasteiger partial charge in [-0.2, -0.15) is 0 Å². The van der Waals surface area contributed by atoms with Crippen LogP contribution >= 0.6 is 35.3 Å². The van der Waals surface area contributed by atoms with E-state index < -0.39 is 15.7 Å². The maximum Gasteiger partial charge on any atom is 0.191 e. The number of thiazole rings is 1. The van der Waals surface area contributed by atoms with Crippen molar-refractivity contribution >= 4 is 51.1 Å². The fraction of sp³-hybridized carbons (Fsp3) is 0.474. The number of sulfone groups is 1. The Morgan fingerprint density at radius 3 is 2.62 bits per heavy atom. The molecule has 29 heavy (non-hydrogen) atoms. The van der Waals surface area contributed by atoms with Gasteiger partial charge in [0.05, 0.1) is 17.3 Å². The van der Waals surface area contributed by atoms with Crippen LogP contribution in [0.25, 0.3) is 0 Å². The quantitative estimate of drug-likeness (QED) is 0.283. The molecule has 2 aromatic rings. The summed E-state index contributed by atoms with van der Waals surface area (Å²) in [6.45, 7) is 5.61. The van der Waals surface area contributed by atoms with Crippen LogP contribution in [0, 0.1) is 5.82 Å². The third kappa shape index (κ3) is 9.39. The average Bonchev–Trinajstić information content (AvgIpc) is 3.08. The lowest BCUT2D eigenvalue weighted by molar-refractivity contribution is 0.600. The summed E-state index contributed by atoms with van der Waals surface area (Å²) in [7, 11) is -3.21. The lowest BCUT2D eigenvalue weighted by Crippen LogP contribution is -2.38. The van der Waals surface area contributed by atoms with E-state index >= 15 is 0 Å². The zero-order valence-corrected chi connectivity index (χ0v) is 20.8. The van der Waals surface area contributed by atoms with E-state index in [1.807, 2.05) is 13.1 Å². The third-order valence-corrected chi connectivity index (χ3v) is 5.96. The Kier molecular flexibility index (Phi) is 11.0. The number of aryl methyl sites for hydroxylation is 1. The highest BCUT2D eigenvalue weighted by atomic mass is 127. The molecule has 0 aliphatic rings. The molecule has 0 spiro atoms. The molecule has 0 fully saturated rings. The number of hydrogen-bond acceptors (Lipinski definition) is 5. The van der Waals surface area contributed by atoms with Gasteiger partial charge in [0.25, 0.3) is 0 Å². The monoisotopic (exact) mass is 554 g/mol. The second kappa shape index (κ2) is 12.4. The number of guanidine groups is 1. The normalized spacial score (nSPS) is 11.8. The van der Waals surface area contributed by atoms with Gasteiger partial charge in [-0.25, -0.2) is 22.8 Å². The molecular weight excluding hydrogens is 526 g/mol. The molecule has 0 atom stereocenters. The Bertz CT molecular complexity index is 917. The smallest absolute Gasteiger partial charge is 0.191 e. The van der Waals surface area contributed by atoms with Gasteiger partial charge >= 0.3 is 0 Å². The molecule has 0 saturated heterocycles. The molecule has 1 aromatic heterocycles. The van der Waals surface area contributed by atoms with Gasteiger partial charge in [-0.15, -0.1) is 35.3 Å². The number of nitrogens with zero attached hydrogens (tertiary/aromatic N) is 2. The first-order valence-electron chi connectivity index (χ1n) is 9.21. The van der Waals surface area contributed by atoms with Gasteiger partial charge in [0.2, 0.25) is 0 Å². The molecule has 10 heteroatoms. The van der Waals surface area contributed by atoms with Crippen LogP contribution in [0.5, 0.6) is 0 Å². The van der Waals surface area contributed by atoms with E-state index in [9.17, 15) is 12.8 Å². The lowest BCUT2D eigenvalue weighted by atomic mass is 10.1. The van der Waals surface area contributed by atoms with E-state index in [1.54, 1.807) is 11.3 Å². The molecule has 0 amide bonds. The van der Waals surface area contributed by atoms with Crippen molar-refractivity contribution in [1.29, 1.82) is 0 Å². The molecule has 0 aliphatic heterocycles. The molecule has 0 aliphatic carbocycles. The number of halogens is 2. The Labute approximate surface area is 193 Å². The van der Waals surface area contributed by atoms with Crippen molar-refractivity contribution in [2.45, 2.75) is 39.0 Å². The van der Waals surface area contributed by atoms with E-state index in [1.165, 1.54) is 23.1 Å². The summed E-state index contributed by atoms with van der Waals surface area (Å²) in [5.41, 5.74) is 1.13. The number of aromatic nitrogens is 1. The summed E-state index contributed by atoms with van der Waals surface area (Å²) in [6.07, 6.45) is 4.84. The molecule has 1 heterocycles. The largest absolute Gasteiger partial charge is 0.357 e. The molecule has 162 valence electrons. The standard InChI is InChI=1S/C19H27FN4O2S2.HI/c1-4-17-12-23-18(27-17)8-9-22-19(21-5-2)24-11-15-10-16(20)7-6-14(15)13-28(3,25)26;/h6-7,10,12H,4-5,8-9,11,13H2,1-3H3,(H2,21,22,24);1H. The van der Waals surface area contributed by atoms with E-state index in [0.29, 0.717) is 30.2 Å². The molecule has 0 radical (unpaired) electrons. The first-order valence-corrected chi connectivity index (χ1v) is 12.1. The van der Waals surface area contributed by atoms with Crippen LogP contribution in [0.1, 0.15) is 34.9 Å². The molecule has 2 rings (SSSR count). The van der Waals surface area contributed by atoms with Crippen molar-refractivity contribution in [1.82, 2.24) is 15.6 Å². The van der Waals surface area contributed by atoms with Crippen molar-refractivity contribution < 1.29 is 12.8 Å². The molecule has 0 saturated carbocycles. The highest BCUT2D eigenvalue weighted by molar-refractivity contribution is 14.0. The predicted molar refractivity (Wildman–Crippen MR) is 128 cm³/mol. The Morgan fingerprint density at radius 2 is 2.00 bits per heavy atom. The highest BCUT2D eigenvalue weighted by Gasteiger charge is 2.11. The van der Waals surface area contributed by atoms with Gasteiger partial charge in [-0.3, -0.25) is 0 Å². The fourth-order valence-corrected chi connectivity index (χ4v) is 4.29. The minimum atomic E-state index is -3.21.